The van der Waals surface area contributed by atoms with E-state index in [1.807, 2.05) is 0 Å². The Kier molecular flexibility index (Phi) is 7.22. The van der Waals surface area contributed by atoms with Crippen LogP contribution in [0.3, 0.4) is 0 Å². The van der Waals surface area contributed by atoms with Gasteiger partial charge >= 0.3 is 5.97 Å². The highest BCUT2D eigenvalue weighted by Crippen LogP contribution is 2.30. The number of hydrogen-bond donors (Lipinski definition) is 1. The van der Waals surface area contributed by atoms with Crippen molar-refractivity contribution in [3.63, 3.8) is 0 Å². The number of esters is 1. The Labute approximate surface area is 167 Å². The summed E-state index contributed by atoms with van der Waals surface area (Å²) in [5.41, 5.74) is -0.263. The van der Waals surface area contributed by atoms with Crippen LogP contribution in [0.25, 0.3) is 0 Å². The lowest BCUT2D eigenvalue weighted by Gasteiger charge is -2.35. The zero-order valence-corrected chi connectivity index (χ0v) is 17.9. The minimum atomic E-state index is -3.70. The molecule has 1 N–H and O–H groups in total. The van der Waals surface area contributed by atoms with E-state index in [1.54, 1.807) is 32.9 Å². The smallest absolute Gasteiger partial charge is 0.331 e. The van der Waals surface area contributed by atoms with Crippen molar-refractivity contribution >= 4 is 21.9 Å². The second-order valence-electron chi connectivity index (χ2n) is 7.16. The first-order valence-electron chi connectivity index (χ1n) is 9.73. The molecule has 1 aromatic rings. The molecule has 0 unspecified atom stereocenters. The highest BCUT2D eigenvalue weighted by molar-refractivity contribution is 7.89. The lowest BCUT2D eigenvalue weighted by molar-refractivity contribution is -0.149. The molecule has 2 rings (SSSR count). The predicted molar refractivity (Wildman–Crippen MR) is 107 cm³/mol. The maximum atomic E-state index is 12.9. The van der Waals surface area contributed by atoms with Gasteiger partial charge in [-0.3, -0.25) is 4.79 Å². The van der Waals surface area contributed by atoms with Crippen LogP contribution in [-0.2, 0) is 19.6 Å². The fraction of sp³-hybridized carbons (Fsp3) is 0.600. The number of benzene rings is 1. The number of methoxy groups -OCH3 is 1. The summed E-state index contributed by atoms with van der Waals surface area (Å²) in [4.78, 5) is 25.4. The van der Waals surface area contributed by atoms with Gasteiger partial charge in [-0.05, 0) is 37.5 Å². The molecule has 156 valence electrons. The minimum absolute atomic E-state index is 0.111. The standard InChI is InChI=1S/C20H30N2O5S/c1-5-22(6-2)28(25,26)17-14-16(11-10-15(17)3)18(23)21-20(19(24)27-4)12-8-7-9-13-20/h10-11,14H,5-9,12-13H2,1-4H3,(H,21,23). The number of aryl methyl sites for hydroxylation is 1. The third kappa shape index (κ3) is 4.38. The molecule has 0 aromatic heterocycles. The molecular formula is C20H30N2O5S. The van der Waals surface area contributed by atoms with Crippen LogP contribution in [0.5, 0.6) is 0 Å². The number of amides is 1. The van der Waals surface area contributed by atoms with Crippen LogP contribution in [0.1, 0.15) is 61.9 Å². The van der Waals surface area contributed by atoms with Crippen molar-refractivity contribution in [3.8, 4) is 0 Å². The van der Waals surface area contributed by atoms with Crippen LogP contribution in [0.15, 0.2) is 23.1 Å². The molecule has 0 saturated heterocycles. The molecule has 8 heteroatoms. The second-order valence-corrected chi connectivity index (χ2v) is 9.06. The number of rotatable bonds is 7. The van der Waals surface area contributed by atoms with E-state index in [2.05, 4.69) is 5.32 Å². The normalized spacial score (nSPS) is 16.6. The number of carbonyl (C=O) groups excluding carboxylic acids is 2. The molecule has 1 fully saturated rings. The predicted octanol–water partition coefficient (Wildman–Crippen LogP) is 2.63. The monoisotopic (exact) mass is 410 g/mol. The Hall–Kier alpha value is -1.93. The zero-order valence-electron chi connectivity index (χ0n) is 17.1. The quantitative estimate of drug-likeness (QED) is 0.698. The number of ether oxygens (including phenoxy) is 1. The van der Waals surface area contributed by atoms with E-state index in [0.29, 0.717) is 31.5 Å². The Balaban J connectivity index is 2.38. The average molecular weight is 411 g/mol. The van der Waals surface area contributed by atoms with Gasteiger partial charge in [-0.2, -0.15) is 4.31 Å². The van der Waals surface area contributed by atoms with Crippen LogP contribution in [0, 0.1) is 6.92 Å². The summed E-state index contributed by atoms with van der Waals surface area (Å²) in [6, 6.07) is 4.60. The molecule has 1 aromatic carbocycles. The van der Waals surface area contributed by atoms with Crippen LogP contribution < -0.4 is 5.32 Å². The highest BCUT2D eigenvalue weighted by Gasteiger charge is 2.42. The molecule has 0 heterocycles. The maximum Gasteiger partial charge on any atom is 0.331 e. The number of nitrogens with zero attached hydrogens (tertiary/aromatic N) is 1. The summed E-state index contributed by atoms with van der Waals surface area (Å²) >= 11 is 0. The van der Waals surface area contributed by atoms with E-state index in [-0.39, 0.29) is 10.5 Å². The molecule has 7 nitrogen and oxygen atoms in total. The van der Waals surface area contributed by atoms with Gasteiger partial charge in [0.05, 0.1) is 12.0 Å². The molecule has 0 radical (unpaired) electrons. The Morgan fingerprint density at radius 1 is 1.14 bits per heavy atom. The fourth-order valence-corrected chi connectivity index (χ4v) is 5.45. The van der Waals surface area contributed by atoms with Crippen LogP contribution in [-0.4, -0.2) is 50.3 Å². The maximum absolute atomic E-state index is 12.9. The van der Waals surface area contributed by atoms with Crippen LogP contribution in [0.4, 0.5) is 0 Å². The van der Waals surface area contributed by atoms with Crippen molar-refractivity contribution in [2.45, 2.75) is 63.3 Å². The third-order valence-electron chi connectivity index (χ3n) is 5.41. The first-order valence-corrected chi connectivity index (χ1v) is 11.2. The summed E-state index contributed by atoms with van der Waals surface area (Å²) in [6.45, 7) is 5.95. The van der Waals surface area contributed by atoms with E-state index in [4.69, 9.17) is 4.74 Å². The van der Waals surface area contributed by atoms with Crippen molar-refractivity contribution < 1.29 is 22.7 Å². The van der Waals surface area contributed by atoms with E-state index < -0.39 is 27.4 Å². The second kappa shape index (κ2) is 9.05. The van der Waals surface area contributed by atoms with Gasteiger partial charge < -0.3 is 10.1 Å². The molecule has 28 heavy (non-hydrogen) atoms. The molecule has 0 atom stereocenters. The number of sulfonamides is 1. The van der Waals surface area contributed by atoms with E-state index in [0.717, 1.165) is 19.3 Å². The molecule has 1 aliphatic carbocycles. The number of hydrogen-bond acceptors (Lipinski definition) is 5. The topological polar surface area (TPSA) is 92.8 Å². The van der Waals surface area contributed by atoms with Crippen molar-refractivity contribution in [3.05, 3.63) is 29.3 Å². The summed E-state index contributed by atoms with van der Waals surface area (Å²) in [7, 11) is -2.38. The summed E-state index contributed by atoms with van der Waals surface area (Å²) in [5, 5.41) is 2.83. The Morgan fingerprint density at radius 3 is 2.29 bits per heavy atom. The van der Waals surface area contributed by atoms with Gasteiger partial charge in [0, 0.05) is 18.7 Å². The Bertz CT molecular complexity index is 825. The van der Waals surface area contributed by atoms with Gasteiger partial charge in [-0.25, -0.2) is 13.2 Å². The van der Waals surface area contributed by atoms with E-state index in [1.165, 1.54) is 17.5 Å². The molecule has 1 aliphatic rings. The van der Waals surface area contributed by atoms with Gasteiger partial charge in [0.25, 0.3) is 5.91 Å². The Morgan fingerprint density at radius 2 is 1.75 bits per heavy atom. The lowest BCUT2D eigenvalue weighted by Crippen LogP contribution is -2.56. The van der Waals surface area contributed by atoms with Crippen LogP contribution >= 0.6 is 0 Å². The molecule has 0 bridgehead atoms. The zero-order chi connectivity index (χ0) is 20.9. The summed E-state index contributed by atoms with van der Waals surface area (Å²) in [5.74, 6) is -0.924. The first kappa shape index (κ1) is 22.4. The van der Waals surface area contributed by atoms with Crippen LogP contribution in [0.2, 0.25) is 0 Å². The summed E-state index contributed by atoms with van der Waals surface area (Å²) < 4.78 is 32.1. The minimum Gasteiger partial charge on any atom is -0.467 e. The first-order chi connectivity index (χ1) is 13.2. The van der Waals surface area contributed by atoms with Crippen molar-refractivity contribution in [1.82, 2.24) is 9.62 Å². The average Bonchev–Trinajstić information content (AvgIpc) is 2.68. The van der Waals surface area contributed by atoms with Gasteiger partial charge in [-0.1, -0.05) is 39.2 Å². The fourth-order valence-electron chi connectivity index (χ4n) is 3.74. The van der Waals surface area contributed by atoms with E-state index >= 15 is 0 Å². The van der Waals surface area contributed by atoms with Crippen molar-refractivity contribution in [1.29, 1.82) is 0 Å². The third-order valence-corrected chi connectivity index (χ3v) is 7.60. The van der Waals surface area contributed by atoms with Gasteiger partial charge in [0.15, 0.2) is 0 Å². The molecule has 1 amide bonds. The van der Waals surface area contributed by atoms with Gasteiger partial charge in [0.2, 0.25) is 10.0 Å². The largest absolute Gasteiger partial charge is 0.467 e. The highest BCUT2D eigenvalue weighted by atomic mass is 32.2. The van der Waals surface area contributed by atoms with Gasteiger partial charge in [-0.15, -0.1) is 0 Å². The molecule has 0 aliphatic heterocycles. The number of nitrogens with one attached hydrogen (secondary N) is 1. The molecule has 1 saturated carbocycles. The number of carbonyl (C=O) groups is 2. The van der Waals surface area contributed by atoms with E-state index in [9.17, 15) is 18.0 Å². The van der Waals surface area contributed by atoms with Gasteiger partial charge in [0.1, 0.15) is 5.54 Å². The molecule has 0 spiro atoms. The summed E-state index contributed by atoms with van der Waals surface area (Å²) in [6.07, 6.45) is 3.69. The molecular weight excluding hydrogens is 380 g/mol. The lowest BCUT2D eigenvalue weighted by atomic mass is 9.81. The van der Waals surface area contributed by atoms with Crippen molar-refractivity contribution in [2.75, 3.05) is 20.2 Å². The SMILES string of the molecule is CCN(CC)S(=O)(=O)c1cc(C(=O)NC2(C(=O)OC)CCCCC2)ccc1C. The van der Waals surface area contributed by atoms with Crippen molar-refractivity contribution in [2.24, 2.45) is 0 Å².